The molecule has 1 aromatic rings. The van der Waals surface area contributed by atoms with Crippen molar-refractivity contribution in [2.75, 3.05) is 6.54 Å². The minimum atomic E-state index is -1.08. The summed E-state index contributed by atoms with van der Waals surface area (Å²) >= 11 is 0. The van der Waals surface area contributed by atoms with E-state index in [2.05, 4.69) is 16.2 Å². The molecule has 9 heteroatoms. The van der Waals surface area contributed by atoms with Crippen LogP contribution in [0, 0.1) is 0 Å². The van der Waals surface area contributed by atoms with E-state index in [4.69, 9.17) is 9.47 Å². The Hall–Kier alpha value is -3.10. The van der Waals surface area contributed by atoms with Gasteiger partial charge in [0.2, 0.25) is 0 Å². The lowest BCUT2D eigenvalue weighted by atomic mass is 10.2. The van der Waals surface area contributed by atoms with Crippen molar-refractivity contribution in [1.29, 1.82) is 0 Å². The number of alkyl carbamates (subject to hydrolysis) is 1. The normalized spacial score (nSPS) is 11.7. The first-order valence-corrected chi connectivity index (χ1v) is 8.90. The second-order valence-corrected chi connectivity index (χ2v) is 6.97. The molecule has 0 radical (unpaired) electrons. The van der Waals surface area contributed by atoms with Gasteiger partial charge >= 0.3 is 12.1 Å². The third-order valence-corrected chi connectivity index (χ3v) is 3.24. The van der Waals surface area contributed by atoms with Crippen LogP contribution in [0.1, 0.15) is 50.9 Å². The third-order valence-electron chi connectivity index (χ3n) is 3.24. The number of nitrogens with one attached hydrogen (secondary N) is 3. The Morgan fingerprint density at radius 2 is 1.68 bits per heavy atom. The number of esters is 1. The van der Waals surface area contributed by atoms with Crippen LogP contribution in [0.5, 0.6) is 0 Å². The van der Waals surface area contributed by atoms with Crippen molar-refractivity contribution < 1.29 is 28.7 Å². The highest BCUT2D eigenvalue weighted by Crippen LogP contribution is 2.06. The predicted molar refractivity (Wildman–Crippen MR) is 101 cm³/mol. The van der Waals surface area contributed by atoms with Crippen molar-refractivity contribution >= 4 is 23.9 Å². The van der Waals surface area contributed by atoms with Gasteiger partial charge in [-0.25, -0.2) is 4.79 Å². The molecule has 0 aliphatic carbocycles. The highest BCUT2D eigenvalue weighted by molar-refractivity contribution is 5.95. The van der Waals surface area contributed by atoms with Crippen LogP contribution in [0.3, 0.4) is 0 Å². The molecule has 154 valence electrons. The average molecular weight is 393 g/mol. The van der Waals surface area contributed by atoms with Gasteiger partial charge in [-0.2, -0.15) is 0 Å². The van der Waals surface area contributed by atoms with E-state index >= 15 is 0 Å². The van der Waals surface area contributed by atoms with Crippen molar-refractivity contribution in [3.05, 3.63) is 35.9 Å². The Morgan fingerprint density at radius 1 is 1.04 bits per heavy atom. The molecule has 0 heterocycles. The van der Waals surface area contributed by atoms with Gasteiger partial charge in [0.25, 0.3) is 11.8 Å². The number of carbonyl (C=O) groups excluding carboxylic acids is 4. The van der Waals surface area contributed by atoms with Crippen molar-refractivity contribution in [3.8, 4) is 0 Å². The highest BCUT2D eigenvalue weighted by atomic mass is 16.6. The summed E-state index contributed by atoms with van der Waals surface area (Å²) in [5.74, 6) is -1.74. The summed E-state index contributed by atoms with van der Waals surface area (Å²) < 4.78 is 10.1. The summed E-state index contributed by atoms with van der Waals surface area (Å²) in [7, 11) is 0. The van der Waals surface area contributed by atoms with Gasteiger partial charge in [-0.3, -0.25) is 25.2 Å². The van der Waals surface area contributed by atoms with E-state index in [1.54, 1.807) is 51.1 Å². The maximum Gasteiger partial charge on any atom is 0.407 e. The number of ether oxygens (including phenoxy) is 2. The predicted octanol–water partition coefficient (Wildman–Crippen LogP) is 1.68. The first-order valence-electron chi connectivity index (χ1n) is 8.90. The number of hydrogen-bond acceptors (Lipinski definition) is 6. The Labute approximate surface area is 164 Å². The Balaban J connectivity index is 2.23. The van der Waals surface area contributed by atoms with E-state index in [1.165, 1.54) is 6.92 Å². The van der Waals surface area contributed by atoms with E-state index in [1.807, 2.05) is 0 Å². The topological polar surface area (TPSA) is 123 Å². The number of carbonyl (C=O) groups is 4. The van der Waals surface area contributed by atoms with Crippen LogP contribution in [0.2, 0.25) is 0 Å². The SMILES string of the molecule is C[C@H](OC(=O)CCCNC(=O)OC(C)(C)C)C(=O)NNC(=O)c1ccccc1. The van der Waals surface area contributed by atoms with Crippen molar-refractivity contribution in [2.45, 2.75) is 52.2 Å². The van der Waals surface area contributed by atoms with E-state index in [0.717, 1.165) is 0 Å². The fourth-order valence-corrected chi connectivity index (χ4v) is 1.93. The van der Waals surface area contributed by atoms with Gasteiger partial charge in [-0.15, -0.1) is 0 Å². The molecule has 1 rings (SSSR count). The molecule has 0 aliphatic rings. The maximum atomic E-state index is 11.9. The van der Waals surface area contributed by atoms with Crippen molar-refractivity contribution in [2.24, 2.45) is 0 Å². The molecular weight excluding hydrogens is 366 g/mol. The number of benzene rings is 1. The zero-order valence-electron chi connectivity index (χ0n) is 16.5. The number of hydrazine groups is 1. The Bertz CT molecular complexity index is 685. The van der Waals surface area contributed by atoms with Crippen molar-refractivity contribution in [1.82, 2.24) is 16.2 Å². The molecule has 0 saturated carbocycles. The minimum Gasteiger partial charge on any atom is -0.452 e. The molecule has 0 saturated heterocycles. The number of rotatable bonds is 7. The molecular formula is C19H27N3O6. The zero-order chi connectivity index (χ0) is 21.2. The number of hydrogen-bond donors (Lipinski definition) is 3. The highest BCUT2D eigenvalue weighted by Gasteiger charge is 2.19. The molecule has 28 heavy (non-hydrogen) atoms. The van der Waals surface area contributed by atoms with Crippen LogP contribution in [-0.2, 0) is 19.1 Å². The number of amides is 3. The fraction of sp³-hybridized carbons (Fsp3) is 0.474. The first-order chi connectivity index (χ1) is 13.1. The van der Waals surface area contributed by atoms with Crippen LogP contribution in [0.4, 0.5) is 4.79 Å². The molecule has 9 nitrogen and oxygen atoms in total. The molecule has 0 unspecified atom stereocenters. The van der Waals surface area contributed by atoms with Gasteiger partial charge in [0.05, 0.1) is 0 Å². The standard InChI is InChI=1S/C19H27N3O6/c1-13(16(24)21-22-17(25)14-9-6-5-7-10-14)27-15(23)11-8-12-20-18(26)28-19(2,3)4/h5-7,9-10,13H,8,11-12H2,1-4H3,(H,20,26)(H,21,24)(H,22,25)/t13-/m0/s1. The average Bonchev–Trinajstić information content (AvgIpc) is 2.62. The van der Waals surface area contributed by atoms with Crippen molar-refractivity contribution in [3.63, 3.8) is 0 Å². The van der Waals surface area contributed by atoms with Crippen LogP contribution in [0.25, 0.3) is 0 Å². The lowest BCUT2D eigenvalue weighted by Crippen LogP contribution is -2.46. The molecule has 0 aromatic heterocycles. The zero-order valence-corrected chi connectivity index (χ0v) is 16.5. The van der Waals surface area contributed by atoms with Gasteiger partial charge in [-0.1, -0.05) is 18.2 Å². The summed E-state index contributed by atoms with van der Waals surface area (Å²) in [4.78, 5) is 46.9. The monoisotopic (exact) mass is 393 g/mol. The first kappa shape index (κ1) is 22.9. The molecule has 3 N–H and O–H groups in total. The van der Waals surface area contributed by atoms with Crippen LogP contribution in [-0.4, -0.2) is 42.1 Å². The van der Waals surface area contributed by atoms with Crippen LogP contribution < -0.4 is 16.2 Å². The Morgan fingerprint density at radius 3 is 2.29 bits per heavy atom. The molecule has 0 aliphatic heterocycles. The minimum absolute atomic E-state index is 0.0177. The van der Waals surface area contributed by atoms with E-state index < -0.39 is 35.6 Å². The van der Waals surface area contributed by atoms with Gasteiger partial charge in [0.1, 0.15) is 5.60 Å². The smallest absolute Gasteiger partial charge is 0.407 e. The van der Waals surface area contributed by atoms with Gasteiger partial charge in [0.15, 0.2) is 6.10 Å². The molecule has 0 spiro atoms. The molecule has 1 atom stereocenters. The maximum absolute atomic E-state index is 11.9. The van der Waals surface area contributed by atoms with Gasteiger partial charge in [-0.05, 0) is 46.2 Å². The second kappa shape index (κ2) is 10.9. The summed E-state index contributed by atoms with van der Waals surface area (Å²) in [5.41, 5.74) is 4.23. The molecule has 0 bridgehead atoms. The summed E-state index contributed by atoms with van der Waals surface area (Å²) in [6.45, 7) is 6.87. The van der Waals surface area contributed by atoms with Gasteiger partial charge < -0.3 is 14.8 Å². The lowest BCUT2D eigenvalue weighted by molar-refractivity contribution is -0.155. The van der Waals surface area contributed by atoms with Gasteiger partial charge in [0, 0.05) is 18.5 Å². The molecule has 3 amide bonds. The summed E-state index contributed by atoms with van der Waals surface area (Å²) in [6.07, 6.45) is -1.30. The third kappa shape index (κ3) is 9.56. The van der Waals surface area contributed by atoms with Crippen LogP contribution in [0.15, 0.2) is 30.3 Å². The van der Waals surface area contributed by atoms with E-state index in [9.17, 15) is 19.2 Å². The molecule has 0 fully saturated rings. The summed E-state index contributed by atoms with van der Waals surface area (Å²) in [6, 6.07) is 8.34. The van der Waals surface area contributed by atoms with Crippen LogP contribution >= 0.6 is 0 Å². The fourth-order valence-electron chi connectivity index (χ4n) is 1.93. The summed E-state index contributed by atoms with van der Waals surface area (Å²) in [5, 5.41) is 2.52. The second-order valence-electron chi connectivity index (χ2n) is 6.97. The molecule has 1 aromatic carbocycles. The van der Waals surface area contributed by atoms with E-state index in [0.29, 0.717) is 12.0 Å². The largest absolute Gasteiger partial charge is 0.452 e. The lowest BCUT2D eigenvalue weighted by Gasteiger charge is -2.19. The quantitative estimate of drug-likeness (QED) is 0.368. The van der Waals surface area contributed by atoms with E-state index in [-0.39, 0.29) is 13.0 Å². The Kier molecular flexibility index (Phi) is 8.94.